The largest absolute Gasteiger partial charge is 0.358 e. The van der Waals surface area contributed by atoms with E-state index in [2.05, 4.69) is 15.6 Å². The molecule has 0 saturated carbocycles. The number of aromatic nitrogens is 1. The van der Waals surface area contributed by atoms with E-state index in [1.54, 1.807) is 12.3 Å². The highest BCUT2D eigenvalue weighted by molar-refractivity contribution is 7.80. The van der Waals surface area contributed by atoms with Gasteiger partial charge in [0.1, 0.15) is 11.6 Å². The molecule has 19 heavy (non-hydrogen) atoms. The molecule has 0 spiro atoms. The maximum Gasteiger partial charge on any atom is 0.172 e. The van der Waals surface area contributed by atoms with E-state index in [0.717, 1.165) is 16.9 Å². The maximum absolute atomic E-state index is 13.0. The highest BCUT2D eigenvalue weighted by atomic mass is 32.1. The zero-order valence-electron chi connectivity index (χ0n) is 10.5. The number of anilines is 1. The van der Waals surface area contributed by atoms with Crippen molar-refractivity contribution in [3.8, 4) is 0 Å². The van der Waals surface area contributed by atoms with Gasteiger partial charge in [-0.3, -0.25) is 0 Å². The monoisotopic (exact) mass is 275 g/mol. The Morgan fingerprint density at radius 1 is 1.32 bits per heavy atom. The lowest BCUT2D eigenvalue weighted by Gasteiger charge is -2.11. The van der Waals surface area contributed by atoms with Crippen LogP contribution in [0.3, 0.4) is 0 Å². The minimum Gasteiger partial charge on any atom is -0.358 e. The zero-order valence-corrected chi connectivity index (χ0v) is 11.3. The van der Waals surface area contributed by atoms with Crippen LogP contribution in [0, 0.1) is 12.7 Å². The van der Waals surface area contributed by atoms with Gasteiger partial charge in [0.15, 0.2) is 5.11 Å². The second-order valence-corrected chi connectivity index (χ2v) is 4.51. The fourth-order valence-electron chi connectivity index (χ4n) is 1.60. The van der Waals surface area contributed by atoms with E-state index < -0.39 is 0 Å². The van der Waals surface area contributed by atoms with Gasteiger partial charge in [0.25, 0.3) is 0 Å². The molecule has 2 aromatic rings. The van der Waals surface area contributed by atoms with E-state index in [-0.39, 0.29) is 5.82 Å². The van der Waals surface area contributed by atoms with Crippen molar-refractivity contribution in [2.45, 2.75) is 13.5 Å². The molecule has 2 N–H and O–H groups in total. The first-order chi connectivity index (χ1) is 9.15. The fraction of sp³-hybridized carbons (Fsp3) is 0.143. The lowest BCUT2D eigenvalue weighted by Crippen LogP contribution is -2.28. The van der Waals surface area contributed by atoms with Crippen molar-refractivity contribution in [3.63, 3.8) is 0 Å². The Balaban J connectivity index is 1.90. The molecule has 1 aromatic carbocycles. The van der Waals surface area contributed by atoms with E-state index >= 15 is 0 Å². The van der Waals surface area contributed by atoms with E-state index in [9.17, 15) is 4.39 Å². The Morgan fingerprint density at radius 3 is 2.89 bits per heavy atom. The molecule has 0 aliphatic rings. The van der Waals surface area contributed by atoms with Crippen molar-refractivity contribution in [3.05, 3.63) is 59.5 Å². The summed E-state index contributed by atoms with van der Waals surface area (Å²) in [4.78, 5) is 4.19. The lowest BCUT2D eigenvalue weighted by atomic mass is 10.2. The van der Waals surface area contributed by atoms with Gasteiger partial charge < -0.3 is 10.6 Å². The van der Waals surface area contributed by atoms with Crippen molar-refractivity contribution < 1.29 is 4.39 Å². The summed E-state index contributed by atoms with van der Waals surface area (Å²) in [5.41, 5.74) is 1.85. The smallest absolute Gasteiger partial charge is 0.172 e. The van der Waals surface area contributed by atoms with Crippen LogP contribution < -0.4 is 10.6 Å². The predicted molar refractivity (Wildman–Crippen MR) is 78.4 cm³/mol. The van der Waals surface area contributed by atoms with Crippen LogP contribution >= 0.6 is 12.2 Å². The van der Waals surface area contributed by atoms with Gasteiger partial charge in [-0.1, -0.05) is 18.2 Å². The van der Waals surface area contributed by atoms with Gasteiger partial charge in [-0.25, -0.2) is 9.37 Å². The molecule has 5 heteroatoms. The van der Waals surface area contributed by atoms with E-state index in [1.165, 1.54) is 12.1 Å². The zero-order chi connectivity index (χ0) is 13.7. The summed E-state index contributed by atoms with van der Waals surface area (Å²) in [6.07, 6.45) is 1.70. The molecule has 0 aliphatic carbocycles. The van der Waals surface area contributed by atoms with E-state index in [4.69, 9.17) is 12.2 Å². The molecule has 0 fully saturated rings. The normalized spacial score (nSPS) is 10.0. The first kappa shape index (κ1) is 13.4. The highest BCUT2D eigenvalue weighted by Gasteiger charge is 2.02. The molecule has 98 valence electrons. The molecule has 0 unspecified atom stereocenters. The van der Waals surface area contributed by atoms with Gasteiger partial charge in [0.05, 0.1) is 0 Å². The van der Waals surface area contributed by atoms with Crippen LogP contribution in [0.25, 0.3) is 0 Å². The van der Waals surface area contributed by atoms with Crippen LogP contribution in [-0.2, 0) is 6.54 Å². The summed E-state index contributed by atoms with van der Waals surface area (Å²) in [6, 6.07) is 10.2. The van der Waals surface area contributed by atoms with Crippen molar-refractivity contribution >= 4 is 23.1 Å². The third-order valence-electron chi connectivity index (χ3n) is 2.58. The SMILES string of the molecule is Cc1cccnc1NC(=S)NCc1cccc(F)c1. The number of rotatable bonds is 3. The number of hydrogen-bond donors (Lipinski definition) is 2. The minimum atomic E-state index is -0.251. The molecule has 0 bridgehead atoms. The number of halogens is 1. The molecular formula is C14H14FN3S. The quantitative estimate of drug-likeness (QED) is 0.844. The summed E-state index contributed by atoms with van der Waals surface area (Å²) in [7, 11) is 0. The van der Waals surface area contributed by atoms with Crippen LogP contribution in [0.2, 0.25) is 0 Å². The number of nitrogens with zero attached hydrogens (tertiary/aromatic N) is 1. The first-order valence-electron chi connectivity index (χ1n) is 5.86. The van der Waals surface area contributed by atoms with Gasteiger partial charge in [0.2, 0.25) is 0 Å². The number of aryl methyl sites for hydroxylation is 1. The molecule has 0 amide bonds. The Bertz CT molecular complexity index is 586. The van der Waals surface area contributed by atoms with Gasteiger partial charge in [0, 0.05) is 12.7 Å². The maximum atomic E-state index is 13.0. The number of pyridine rings is 1. The molecular weight excluding hydrogens is 261 g/mol. The molecule has 0 radical (unpaired) electrons. The summed E-state index contributed by atoms with van der Waals surface area (Å²) in [5.74, 6) is 0.470. The minimum absolute atomic E-state index is 0.251. The summed E-state index contributed by atoms with van der Waals surface area (Å²) >= 11 is 5.17. The second kappa shape index (κ2) is 6.24. The van der Waals surface area contributed by atoms with E-state index in [0.29, 0.717) is 11.7 Å². The summed E-state index contributed by atoms with van der Waals surface area (Å²) in [5, 5.41) is 6.49. The Morgan fingerprint density at radius 2 is 2.16 bits per heavy atom. The first-order valence-corrected chi connectivity index (χ1v) is 6.27. The van der Waals surface area contributed by atoms with Crippen molar-refractivity contribution in [2.24, 2.45) is 0 Å². The molecule has 1 heterocycles. The summed E-state index contributed by atoms with van der Waals surface area (Å²) < 4.78 is 13.0. The average Bonchev–Trinajstić information content (AvgIpc) is 2.39. The second-order valence-electron chi connectivity index (χ2n) is 4.11. The summed E-state index contributed by atoms with van der Waals surface area (Å²) in [6.45, 7) is 2.42. The van der Waals surface area contributed by atoms with Crippen LogP contribution in [0.5, 0.6) is 0 Å². The Hall–Kier alpha value is -2.01. The molecule has 2 rings (SSSR count). The lowest BCUT2D eigenvalue weighted by molar-refractivity contribution is 0.625. The Labute approximate surface area is 116 Å². The Kier molecular flexibility index (Phi) is 4.41. The third kappa shape index (κ3) is 3.99. The van der Waals surface area contributed by atoms with Gasteiger partial charge in [-0.05, 0) is 48.5 Å². The third-order valence-corrected chi connectivity index (χ3v) is 2.83. The predicted octanol–water partition coefficient (Wildman–Crippen LogP) is 3.02. The van der Waals surface area contributed by atoms with Crippen LogP contribution in [0.4, 0.5) is 10.2 Å². The van der Waals surface area contributed by atoms with Crippen LogP contribution in [-0.4, -0.2) is 10.1 Å². The number of benzene rings is 1. The highest BCUT2D eigenvalue weighted by Crippen LogP contribution is 2.09. The van der Waals surface area contributed by atoms with Gasteiger partial charge in [-0.15, -0.1) is 0 Å². The fourth-order valence-corrected chi connectivity index (χ4v) is 1.77. The molecule has 3 nitrogen and oxygen atoms in total. The molecule has 0 saturated heterocycles. The number of hydrogen-bond acceptors (Lipinski definition) is 2. The van der Waals surface area contributed by atoms with Crippen LogP contribution in [0.1, 0.15) is 11.1 Å². The van der Waals surface area contributed by atoms with Crippen molar-refractivity contribution in [1.29, 1.82) is 0 Å². The van der Waals surface area contributed by atoms with Crippen molar-refractivity contribution in [2.75, 3.05) is 5.32 Å². The molecule has 0 atom stereocenters. The molecule has 0 aliphatic heterocycles. The van der Waals surface area contributed by atoms with E-state index in [1.807, 2.05) is 25.1 Å². The number of thiocarbonyl (C=S) groups is 1. The van der Waals surface area contributed by atoms with Crippen LogP contribution in [0.15, 0.2) is 42.6 Å². The number of nitrogens with one attached hydrogen (secondary N) is 2. The standard InChI is InChI=1S/C14H14FN3S/c1-10-4-3-7-16-13(10)18-14(19)17-9-11-5-2-6-12(15)8-11/h2-8H,9H2,1H3,(H2,16,17,18,19). The topological polar surface area (TPSA) is 37.0 Å². The van der Waals surface area contributed by atoms with Crippen molar-refractivity contribution in [1.82, 2.24) is 10.3 Å². The van der Waals surface area contributed by atoms with Gasteiger partial charge >= 0.3 is 0 Å². The van der Waals surface area contributed by atoms with Gasteiger partial charge in [-0.2, -0.15) is 0 Å². The average molecular weight is 275 g/mol. The molecule has 1 aromatic heterocycles.